The van der Waals surface area contributed by atoms with E-state index in [0.717, 1.165) is 13.1 Å². The van der Waals surface area contributed by atoms with Gasteiger partial charge in [0.2, 0.25) is 0 Å². The number of hydrogen-bond donors (Lipinski definition) is 2. The molecule has 0 bridgehead atoms. The molecule has 0 saturated carbocycles. The average Bonchev–Trinajstić information content (AvgIpc) is 2.38. The minimum Gasteiger partial charge on any atom is -0.294 e. The molecule has 0 spiro atoms. The molecule has 0 atom stereocenters. The van der Waals surface area contributed by atoms with Crippen LogP contribution in [-0.4, -0.2) is 13.1 Å². The fraction of sp³-hybridized carbons (Fsp3) is 0.467. The van der Waals surface area contributed by atoms with Crippen LogP contribution in [0.2, 0.25) is 0 Å². The van der Waals surface area contributed by atoms with Gasteiger partial charge in [0.1, 0.15) is 0 Å². The van der Waals surface area contributed by atoms with E-state index in [4.69, 9.17) is 0 Å². The first-order valence-corrected chi connectivity index (χ1v) is 6.52. The normalized spacial score (nSPS) is 17.4. The quantitative estimate of drug-likeness (QED) is 0.777. The lowest BCUT2D eigenvalue weighted by Gasteiger charge is -2.27. The zero-order valence-corrected chi connectivity index (χ0v) is 10.6. The maximum atomic E-state index is 3.97. The van der Waals surface area contributed by atoms with Gasteiger partial charge in [-0.05, 0) is 29.5 Å². The van der Waals surface area contributed by atoms with Crippen molar-refractivity contribution in [1.82, 2.24) is 10.6 Å². The van der Waals surface area contributed by atoms with Gasteiger partial charge in [-0.3, -0.25) is 10.6 Å². The zero-order valence-electron chi connectivity index (χ0n) is 10.6. The molecule has 2 heteroatoms. The molecule has 1 aromatic carbocycles. The van der Waals surface area contributed by atoms with Gasteiger partial charge in [0.15, 0.2) is 0 Å². The molecule has 1 aliphatic rings. The Balaban J connectivity index is 1.95. The van der Waals surface area contributed by atoms with Gasteiger partial charge in [0, 0.05) is 13.1 Å². The van der Waals surface area contributed by atoms with Crippen LogP contribution in [0.1, 0.15) is 37.1 Å². The average molecular weight is 230 g/mol. The summed E-state index contributed by atoms with van der Waals surface area (Å²) in [6, 6.07) is 8.95. The molecule has 1 saturated heterocycles. The molecule has 92 valence electrons. The maximum Gasteiger partial charge on any atom is 0.0840 e. The fourth-order valence-electron chi connectivity index (χ4n) is 2.12. The highest BCUT2D eigenvalue weighted by atomic mass is 15.1. The molecule has 0 aromatic heterocycles. The van der Waals surface area contributed by atoms with E-state index in [-0.39, 0.29) is 6.17 Å². The molecule has 2 rings (SSSR count). The third-order valence-corrected chi connectivity index (χ3v) is 3.24. The Bertz CT molecular complexity index is 357. The van der Waals surface area contributed by atoms with Crippen molar-refractivity contribution in [2.24, 2.45) is 0 Å². The second-order valence-electron chi connectivity index (χ2n) is 4.79. The smallest absolute Gasteiger partial charge is 0.0840 e. The van der Waals surface area contributed by atoms with Crippen LogP contribution in [0.5, 0.6) is 0 Å². The van der Waals surface area contributed by atoms with Gasteiger partial charge in [-0.1, -0.05) is 44.2 Å². The number of nitrogens with one attached hydrogen (secondary N) is 2. The number of hydrogen-bond acceptors (Lipinski definition) is 2. The van der Waals surface area contributed by atoms with Gasteiger partial charge in [-0.15, -0.1) is 0 Å². The van der Waals surface area contributed by atoms with Crippen LogP contribution in [-0.2, 0) is 6.42 Å². The summed E-state index contributed by atoms with van der Waals surface area (Å²) in [7, 11) is 0. The Hall–Kier alpha value is -1.12. The number of rotatable bonds is 4. The van der Waals surface area contributed by atoms with E-state index in [9.17, 15) is 0 Å². The van der Waals surface area contributed by atoms with Crippen molar-refractivity contribution in [3.05, 3.63) is 47.5 Å². The lowest BCUT2D eigenvalue weighted by molar-refractivity contribution is 0.430. The largest absolute Gasteiger partial charge is 0.294 e. The van der Waals surface area contributed by atoms with Gasteiger partial charge in [0.25, 0.3) is 0 Å². The second kappa shape index (κ2) is 5.99. The standard InChI is InChI=1S/C15H22N2/c1-3-4-5-13-6-8-14(9-7-13)15-16-10-12(2)11-17-15/h6-9,15-17H,2-5,10-11H2,1H3. The van der Waals surface area contributed by atoms with E-state index in [0.29, 0.717) is 0 Å². The fourth-order valence-corrected chi connectivity index (χ4v) is 2.12. The first kappa shape index (κ1) is 12.3. The molecule has 2 N–H and O–H groups in total. The monoisotopic (exact) mass is 230 g/mol. The van der Waals surface area contributed by atoms with Crippen LogP contribution in [0.4, 0.5) is 0 Å². The molecule has 0 unspecified atom stereocenters. The Kier molecular flexibility index (Phi) is 4.35. The number of benzene rings is 1. The van der Waals surface area contributed by atoms with E-state index < -0.39 is 0 Å². The molecule has 2 nitrogen and oxygen atoms in total. The summed E-state index contributed by atoms with van der Waals surface area (Å²) in [5.41, 5.74) is 3.98. The minimum absolute atomic E-state index is 0.278. The van der Waals surface area contributed by atoms with Gasteiger partial charge < -0.3 is 0 Å². The lowest BCUT2D eigenvalue weighted by Crippen LogP contribution is -2.42. The number of aryl methyl sites for hydroxylation is 1. The Labute approximate surface area is 104 Å². The van der Waals surface area contributed by atoms with Crippen LogP contribution in [0.15, 0.2) is 36.4 Å². The van der Waals surface area contributed by atoms with Gasteiger partial charge in [-0.25, -0.2) is 0 Å². The third-order valence-electron chi connectivity index (χ3n) is 3.24. The van der Waals surface area contributed by atoms with Crippen LogP contribution < -0.4 is 10.6 Å². The predicted octanol–water partition coefficient (Wildman–Crippen LogP) is 2.78. The topological polar surface area (TPSA) is 24.1 Å². The van der Waals surface area contributed by atoms with Crippen LogP contribution >= 0.6 is 0 Å². The molecule has 1 heterocycles. The molecule has 1 aliphatic heterocycles. The predicted molar refractivity (Wildman–Crippen MR) is 72.9 cm³/mol. The summed E-state index contributed by atoms with van der Waals surface area (Å²) < 4.78 is 0. The molecule has 0 radical (unpaired) electrons. The molecule has 1 fully saturated rings. The summed E-state index contributed by atoms with van der Waals surface area (Å²) in [6.07, 6.45) is 4.01. The highest BCUT2D eigenvalue weighted by Crippen LogP contribution is 2.15. The van der Waals surface area contributed by atoms with Gasteiger partial charge in [-0.2, -0.15) is 0 Å². The molecular formula is C15H22N2. The first-order valence-electron chi connectivity index (χ1n) is 6.52. The Morgan fingerprint density at radius 1 is 1.18 bits per heavy atom. The Morgan fingerprint density at radius 3 is 2.41 bits per heavy atom. The SMILES string of the molecule is C=C1CNC(c2ccc(CCCC)cc2)NC1. The van der Waals surface area contributed by atoms with Crippen molar-refractivity contribution in [2.45, 2.75) is 32.4 Å². The van der Waals surface area contributed by atoms with Crippen LogP contribution in [0, 0.1) is 0 Å². The van der Waals surface area contributed by atoms with Crippen molar-refractivity contribution >= 4 is 0 Å². The van der Waals surface area contributed by atoms with E-state index in [1.165, 1.54) is 36.0 Å². The van der Waals surface area contributed by atoms with Crippen LogP contribution in [0.3, 0.4) is 0 Å². The minimum atomic E-state index is 0.278. The van der Waals surface area contributed by atoms with Crippen molar-refractivity contribution in [3.63, 3.8) is 0 Å². The second-order valence-corrected chi connectivity index (χ2v) is 4.79. The van der Waals surface area contributed by atoms with Crippen molar-refractivity contribution in [1.29, 1.82) is 0 Å². The molecule has 0 amide bonds. The Morgan fingerprint density at radius 2 is 1.82 bits per heavy atom. The highest BCUT2D eigenvalue weighted by molar-refractivity contribution is 5.26. The lowest BCUT2D eigenvalue weighted by atomic mass is 10.0. The van der Waals surface area contributed by atoms with E-state index in [2.05, 4.69) is 48.4 Å². The van der Waals surface area contributed by atoms with E-state index in [1.54, 1.807) is 0 Å². The van der Waals surface area contributed by atoms with Crippen LogP contribution in [0.25, 0.3) is 0 Å². The summed E-state index contributed by atoms with van der Waals surface area (Å²) in [4.78, 5) is 0. The summed E-state index contributed by atoms with van der Waals surface area (Å²) in [5, 5.41) is 6.87. The van der Waals surface area contributed by atoms with Gasteiger partial charge >= 0.3 is 0 Å². The molecule has 17 heavy (non-hydrogen) atoms. The number of unbranched alkanes of at least 4 members (excludes halogenated alkanes) is 1. The van der Waals surface area contributed by atoms with Crippen molar-refractivity contribution in [2.75, 3.05) is 13.1 Å². The molecule has 0 aliphatic carbocycles. The third kappa shape index (κ3) is 3.42. The summed E-state index contributed by atoms with van der Waals surface area (Å²) in [6.45, 7) is 8.02. The summed E-state index contributed by atoms with van der Waals surface area (Å²) >= 11 is 0. The first-order chi connectivity index (χ1) is 8.29. The van der Waals surface area contributed by atoms with E-state index in [1.807, 2.05) is 0 Å². The summed E-state index contributed by atoms with van der Waals surface area (Å²) in [5.74, 6) is 0. The zero-order chi connectivity index (χ0) is 12.1. The maximum absolute atomic E-state index is 3.97. The molecular weight excluding hydrogens is 208 g/mol. The highest BCUT2D eigenvalue weighted by Gasteiger charge is 2.14. The van der Waals surface area contributed by atoms with Crippen molar-refractivity contribution < 1.29 is 0 Å². The molecule has 1 aromatic rings. The van der Waals surface area contributed by atoms with Crippen molar-refractivity contribution in [3.8, 4) is 0 Å². The van der Waals surface area contributed by atoms with E-state index >= 15 is 0 Å². The van der Waals surface area contributed by atoms with Gasteiger partial charge in [0.05, 0.1) is 6.17 Å².